The lowest BCUT2D eigenvalue weighted by Gasteiger charge is -2.11. The third kappa shape index (κ3) is 3.07. The molecule has 0 fully saturated rings. The van der Waals surface area contributed by atoms with Gasteiger partial charge in [0.2, 0.25) is 5.28 Å². The van der Waals surface area contributed by atoms with Gasteiger partial charge in [-0.2, -0.15) is 0 Å². The summed E-state index contributed by atoms with van der Waals surface area (Å²) >= 11 is 5.72. The zero-order valence-corrected chi connectivity index (χ0v) is 10.1. The van der Waals surface area contributed by atoms with Crippen LogP contribution < -0.4 is 10.1 Å². The zero-order valence-electron chi connectivity index (χ0n) is 9.35. The Morgan fingerprint density at radius 2 is 2.12 bits per heavy atom. The molecular formula is C12H12ClN3O. The highest BCUT2D eigenvalue weighted by molar-refractivity contribution is 6.28. The number of para-hydroxylation sites is 2. The van der Waals surface area contributed by atoms with Crippen LogP contribution >= 0.6 is 11.6 Å². The van der Waals surface area contributed by atoms with Gasteiger partial charge < -0.3 is 10.1 Å². The van der Waals surface area contributed by atoms with Crippen LogP contribution in [0.3, 0.4) is 0 Å². The van der Waals surface area contributed by atoms with Crippen LogP contribution in [0.15, 0.2) is 36.5 Å². The van der Waals surface area contributed by atoms with Crippen LogP contribution in [0.1, 0.15) is 6.92 Å². The van der Waals surface area contributed by atoms with E-state index in [9.17, 15) is 0 Å². The minimum Gasteiger partial charge on any atom is -0.492 e. The van der Waals surface area contributed by atoms with Gasteiger partial charge in [-0.05, 0) is 36.7 Å². The SMILES string of the molecule is CCOc1ccccc1Nc1ccnc(Cl)n1. The number of nitrogens with zero attached hydrogens (tertiary/aromatic N) is 2. The molecule has 2 rings (SSSR count). The lowest BCUT2D eigenvalue weighted by Crippen LogP contribution is -1.99. The summed E-state index contributed by atoms with van der Waals surface area (Å²) in [6.07, 6.45) is 1.60. The third-order valence-electron chi connectivity index (χ3n) is 2.08. The van der Waals surface area contributed by atoms with E-state index in [1.807, 2.05) is 31.2 Å². The van der Waals surface area contributed by atoms with Crippen molar-refractivity contribution in [3.8, 4) is 5.75 Å². The lowest BCUT2D eigenvalue weighted by molar-refractivity contribution is 0.342. The van der Waals surface area contributed by atoms with Crippen molar-refractivity contribution in [1.29, 1.82) is 0 Å². The summed E-state index contributed by atoms with van der Waals surface area (Å²) in [7, 11) is 0. The Morgan fingerprint density at radius 1 is 1.29 bits per heavy atom. The maximum absolute atomic E-state index is 5.72. The van der Waals surface area contributed by atoms with Crippen molar-refractivity contribution in [2.75, 3.05) is 11.9 Å². The second-order valence-corrected chi connectivity index (χ2v) is 3.60. The molecule has 0 bridgehead atoms. The van der Waals surface area contributed by atoms with E-state index < -0.39 is 0 Å². The Hall–Kier alpha value is -1.81. The predicted molar refractivity (Wildman–Crippen MR) is 67.9 cm³/mol. The van der Waals surface area contributed by atoms with Crippen LogP contribution in [-0.4, -0.2) is 16.6 Å². The van der Waals surface area contributed by atoms with Crippen LogP contribution in [0, 0.1) is 0 Å². The largest absolute Gasteiger partial charge is 0.492 e. The molecule has 0 atom stereocenters. The molecule has 0 aliphatic rings. The van der Waals surface area contributed by atoms with Gasteiger partial charge >= 0.3 is 0 Å². The minimum absolute atomic E-state index is 0.212. The van der Waals surface area contributed by atoms with Gasteiger partial charge in [0, 0.05) is 6.20 Å². The quantitative estimate of drug-likeness (QED) is 0.845. The smallest absolute Gasteiger partial charge is 0.224 e. The highest BCUT2D eigenvalue weighted by Gasteiger charge is 2.03. The van der Waals surface area contributed by atoms with E-state index in [0.29, 0.717) is 12.4 Å². The first-order chi connectivity index (χ1) is 8.29. The van der Waals surface area contributed by atoms with Crippen molar-refractivity contribution >= 4 is 23.1 Å². The summed E-state index contributed by atoms with van der Waals surface area (Å²) in [5, 5.41) is 3.35. The Kier molecular flexibility index (Phi) is 3.77. The van der Waals surface area contributed by atoms with Crippen LogP contribution in [-0.2, 0) is 0 Å². The van der Waals surface area contributed by atoms with E-state index in [1.165, 1.54) is 0 Å². The number of rotatable bonds is 4. The summed E-state index contributed by atoms with van der Waals surface area (Å²) in [4.78, 5) is 7.88. The van der Waals surface area contributed by atoms with Crippen molar-refractivity contribution in [1.82, 2.24) is 9.97 Å². The van der Waals surface area contributed by atoms with E-state index in [2.05, 4.69) is 15.3 Å². The molecule has 1 N–H and O–H groups in total. The first-order valence-corrected chi connectivity index (χ1v) is 5.65. The molecule has 0 saturated carbocycles. The molecule has 0 amide bonds. The summed E-state index contributed by atoms with van der Waals surface area (Å²) in [6, 6.07) is 9.40. The fourth-order valence-electron chi connectivity index (χ4n) is 1.39. The number of aromatic nitrogens is 2. The van der Waals surface area contributed by atoms with Gasteiger partial charge in [-0.15, -0.1) is 0 Å². The van der Waals surface area contributed by atoms with E-state index >= 15 is 0 Å². The summed E-state index contributed by atoms with van der Waals surface area (Å²) in [5.41, 5.74) is 0.851. The van der Waals surface area contributed by atoms with Gasteiger partial charge in [0.25, 0.3) is 0 Å². The average molecular weight is 250 g/mol. The Bertz CT molecular complexity index is 505. The lowest BCUT2D eigenvalue weighted by atomic mass is 10.3. The third-order valence-corrected chi connectivity index (χ3v) is 2.26. The molecule has 1 heterocycles. The number of anilines is 2. The number of hydrogen-bond acceptors (Lipinski definition) is 4. The molecule has 0 aliphatic carbocycles. The molecule has 5 heteroatoms. The van der Waals surface area contributed by atoms with Crippen molar-refractivity contribution in [3.63, 3.8) is 0 Å². The van der Waals surface area contributed by atoms with E-state index in [-0.39, 0.29) is 5.28 Å². The van der Waals surface area contributed by atoms with Crippen molar-refractivity contribution in [3.05, 3.63) is 41.8 Å². The van der Waals surface area contributed by atoms with Crippen LogP contribution in [0.25, 0.3) is 0 Å². The second-order valence-electron chi connectivity index (χ2n) is 3.27. The Labute approximate surface area is 105 Å². The summed E-state index contributed by atoms with van der Waals surface area (Å²) in [6.45, 7) is 2.56. The Morgan fingerprint density at radius 3 is 2.88 bits per heavy atom. The first kappa shape index (κ1) is 11.7. The highest BCUT2D eigenvalue weighted by atomic mass is 35.5. The van der Waals surface area contributed by atoms with E-state index in [0.717, 1.165) is 11.4 Å². The topological polar surface area (TPSA) is 47.0 Å². The molecule has 1 aromatic carbocycles. The maximum Gasteiger partial charge on any atom is 0.224 e. The van der Waals surface area contributed by atoms with E-state index in [1.54, 1.807) is 12.3 Å². The molecule has 17 heavy (non-hydrogen) atoms. The van der Waals surface area contributed by atoms with E-state index in [4.69, 9.17) is 16.3 Å². The van der Waals surface area contributed by atoms with Crippen molar-refractivity contribution in [2.24, 2.45) is 0 Å². The molecule has 0 saturated heterocycles. The molecule has 88 valence electrons. The second kappa shape index (κ2) is 5.50. The molecule has 0 unspecified atom stereocenters. The molecular weight excluding hydrogens is 238 g/mol. The fourth-order valence-corrected chi connectivity index (χ4v) is 1.54. The van der Waals surface area contributed by atoms with Gasteiger partial charge in [0.05, 0.1) is 12.3 Å². The highest BCUT2D eigenvalue weighted by Crippen LogP contribution is 2.26. The van der Waals surface area contributed by atoms with Crippen molar-refractivity contribution < 1.29 is 4.74 Å². The van der Waals surface area contributed by atoms with Crippen LogP contribution in [0.5, 0.6) is 5.75 Å². The zero-order chi connectivity index (χ0) is 12.1. The predicted octanol–water partition coefficient (Wildman–Crippen LogP) is 3.27. The molecule has 0 spiro atoms. The van der Waals surface area contributed by atoms with Gasteiger partial charge in [0.15, 0.2) is 0 Å². The van der Waals surface area contributed by atoms with Gasteiger partial charge in [-0.3, -0.25) is 0 Å². The van der Waals surface area contributed by atoms with Gasteiger partial charge in [-0.25, -0.2) is 9.97 Å². The molecule has 2 aromatic rings. The molecule has 1 aromatic heterocycles. The standard InChI is InChI=1S/C12H12ClN3O/c1-2-17-10-6-4-3-5-9(10)15-11-7-8-14-12(13)16-11/h3-8H,2H2,1H3,(H,14,15,16). The number of nitrogens with one attached hydrogen (secondary N) is 1. The summed E-state index contributed by atoms with van der Waals surface area (Å²) in [5.74, 6) is 1.42. The molecule has 4 nitrogen and oxygen atoms in total. The minimum atomic E-state index is 0.212. The number of hydrogen-bond donors (Lipinski definition) is 1. The number of ether oxygens (including phenoxy) is 1. The Balaban J connectivity index is 2.23. The molecule has 0 aliphatic heterocycles. The van der Waals surface area contributed by atoms with Crippen LogP contribution in [0.4, 0.5) is 11.5 Å². The average Bonchev–Trinajstić information content (AvgIpc) is 2.32. The first-order valence-electron chi connectivity index (χ1n) is 5.27. The maximum atomic E-state index is 5.72. The van der Waals surface area contributed by atoms with Gasteiger partial charge in [0.1, 0.15) is 11.6 Å². The number of halogens is 1. The van der Waals surface area contributed by atoms with Crippen LogP contribution in [0.2, 0.25) is 5.28 Å². The fraction of sp³-hybridized carbons (Fsp3) is 0.167. The monoisotopic (exact) mass is 249 g/mol. The van der Waals surface area contributed by atoms with Crippen molar-refractivity contribution in [2.45, 2.75) is 6.92 Å². The van der Waals surface area contributed by atoms with Gasteiger partial charge in [-0.1, -0.05) is 12.1 Å². The molecule has 0 radical (unpaired) electrons. The normalized spacial score (nSPS) is 10.0. The number of benzene rings is 1. The summed E-state index contributed by atoms with van der Waals surface area (Å²) < 4.78 is 5.50.